The first-order chi connectivity index (χ1) is 12.0. The van der Waals surface area contributed by atoms with E-state index in [9.17, 15) is 9.59 Å². The molecule has 0 saturated carbocycles. The Morgan fingerprint density at radius 3 is 2.72 bits per heavy atom. The fraction of sp³-hybridized carbons (Fsp3) is 0.211. The minimum Gasteiger partial charge on any atom is -0.454 e. The zero-order valence-corrected chi connectivity index (χ0v) is 14.2. The van der Waals surface area contributed by atoms with E-state index in [1.807, 2.05) is 41.1 Å². The molecule has 25 heavy (non-hydrogen) atoms. The number of esters is 1. The molecule has 1 aromatic carbocycles. The topological polar surface area (TPSA) is 77.0 Å². The molecule has 0 saturated heterocycles. The number of nitrogens with zero attached hydrogens (tertiary/aromatic N) is 2. The van der Waals surface area contributed by atoms with Crippen molar-refractivity contribution in [3.8, 4) is 0 Å². The van der Waals surface area contributed by atoms with Crippen LogP contribution in [0.25, 0.3) is 0 Å². The first kappa shape index (κ1) is 16.7. The van der Waals surface area contributed by atoms with Gasteiger partial charge in [-0.05, 0) is 31.0 Å². The van der Waals surface area contributed by atoms with Gasteiger partial charge in [-0.2, -0.15) is 0 Å². The van der Waals surface area contributed by atoms with Crippen LogP contribution in [-0.2, 0) is 17.9 Å². The zero-order valence-electron chi connectivity index (χ0n) is 14.2. The molecule has 0 aliphatic carbocycles. The first-order valence-electron chi connectivity index (χ1n) is 7.96. The van der Waals surface area contributed by atoms with Crippen LogP contribution >= 0.6 is 0 Å². The SMILES string of the molecule is Cc1cc(C)c(C(=O)OCc2nccn2Cc2ccccc2)c(=O)[nH]1. The fourth-order valence-electron chi connectivity index (χ4n) is 2.71. The summed E-state index contributed by atoms with van der Waals surface area (Å²) in [6.45, 7) is 4.13. The van der Waals surface area contributed by atoms with Crippen LogP contribution in [0.15, 0.2) is 53.6 Å². The van der Waals surface area contributed by atoms with Crippen molar-refractivity contribution >= 4 is 5.97 Å². The molecule has 0 spiro atoms. The van der Waals surface area contributed by atoms with Gasteiger partial charge >= 0.3 is 5.97 Å². The number of pyridine rings is 1. The number of aryl methyl sites for hydroxylation is 2. The van der Waals surface area contributed by atoms with E-state index < -0.39 is 11.5 Å². The van der Waals surface area contributed by atoms with Crippen LogP contribution in [0.5, 0.6) is 0 Å². The van der Waals surface area contributed by atoms with E-state index in [-0.39, 0.29) is 12.2 Å². The molecule has 3 aromatic rings. The van der Waals surface area contributed by atoms with Crippen molar-refractivity contribution in [1.82, 2.24) is 14.5 Å². The van der Waals surface area contributed by atoms with Gasteiger partial charge in [0.2, 0.25) is 0 Å². The molecule has 0 atom stereocenters. The number of hydrogen-bond acceptors (Lipinski definition) is 4. The lowest BCUT2D eigenvalue weighted by Gasteiger charge is -2.10. The molecule has 6 nitrogen and oxygen atoms in total. The molecule has 0 unspecified atom stereocenters. The summed E-state index contributed by atoms with van der Waals surface area (Å²) < 4.78 is 7.22. The summed E-state index contributed by atoms with van der Waals surface area (Å²) in [6, 6.07) is 11.7. The molecule has 0 aliphatic heterocycles. The quantitative estimate of drug-likeness (QED) is 0.726. The van der Waals surface area contributed by atoms with Crippen LogP contribution < -0.4 is 5.56 Å². The highest BCUT2D eigenvalue weighted by Crippen LogP contribution is 2.09. The lowest BCUT2D eigenvalue weighted by molar-refractivity contribution is 0.0455. The number of hydrogen-bond donors (Lipinski definition) is 1. The number of carbonyl (C=O) groups is 1. The Bertz CT molecular complexity index is 942. The van der Waals surface area contributed by atoms with Crippen molar-refractivity contribution in [3.05, 3.63) is 87.4 Å². The summed E-state index contributed by atoms with van der Waals surface area (Å²) >= 11 is 0. The number of rotatable bonds is 5. The molecule has 6 heteroatoms. The van der Waals surface area contributed by atoms with E-state index in [0.717, 1.165) is 5.56 Å². The van der Waals surface area contributed by atoms with Crippen LogP contribution in [0.4, 0.5) is 0 Å². The van der Waals surface area contributed by atoms with Crippen LogP contribution in [-0.4, -0.2) is 20.5 Å². The van der Waals surface area contributed by atoms with Crippen LogP contribution in [0.2, 0.25) is 0 Å². The largest absolute Gasteiger partial charge is 0.454 e. The van der Waals surface area contributed by atoms with Gasteiger partial charge < -0.3 is 14.3 Å². The lowest BCUT2D eigenvalue weighted by atomic mass is 10.1. The molecule has 0 radical (unpaired) electrons. The van der Waals surface area contributed by atoms with Gasteiger partial charge in [0.1, 0.15) is 18.0 Å². The number of benzene rings is 1. The predicted octanol–water partition coefficient (Wildman–Crippen LogP) is 2.59. The smallest absolute Gasteiger partial charge is 0.344 e. The van der Waals surface area contributed by atoms with Gasteiger partial charge in [-0.1, -0.05) is 30.3 Å². The van der Waals surface area contributed by atoms with Crippen LogP contribution in [0, 0.1) is 13.8 Å². The average Bonchev–Trinajstić information content (AvgIpc) is 3.00. The number of carbonyl (C=O) groups excluding carboxylic acids is 1. The van der Waals surface area contributed by atoms with E-state index in [4.69, 9.17) is 4.74 Å². The second-order valence-electron chi connectivity index (χ2n) is 5.87. The van der Waals surface area contributed by atoms with Crippen LogP contribution in [0.3, 0.4) is 0 Å². The first-order valence-corrected chi connectivity index (χ1v) is 7.96. The zero-order chi connectivity index (χ0) is 17.8. The number of aromatic amines is 1. The average molecular weight is 337 g/mol. The monoisotopic (exact) mass is 337 g/mol. The molecular formula is C19H19N3O3. The highest BCUT2D eigenvalue weighted by Gasteiger charge is 2.17. The van der Waals surface area contributed by atoms with Crippen molar-refractivity contribution in [2.24, 2.45) is 0 Å². The van der Waals surface area contributed by atoms with Gasteiger partial charge in [-0.25, -0.2) is 9.78 Å². The second-order valence-corrected chi connectivity index (χ2v) is 5.87. The summed E-state index contributed by atoms with van der Waals surface area (Å²) in [6.07, 6.45) is 3.50. The van der Waals surface area contributed by atoms with E-state index >= 15 is 0 Å². The number of ether oxygens (including phenoxy) is 1. The van der Waals surface area contributed by atoms with Gasteiger partial charge in [-0.3, -0.25) is 4.79 Å². The maximum atomic E-state index is 12.3. The van der Waals surface area contributed by atoms with Crippen LogP contribution in [0.1, 0.15) is 33.0 Å². The molecule has 0 amide bonds. The molecule has 3 rings (SSSR count). The Balaban J connectivity index is 1.72. The Morgan fingerprint density at radius 2 is 2.00 bits per heavy atom. The Labute approximate surface area is 145 Å². The van der Waals surface area contributed by atoms with Crippen molar-refractivity contribution in [1.29, 1.82) is 0 Å². The normalized spacial score (nSPS) is 10.6. The van der Waals surface area contributed by atoms with Gasteiger partial charge in [0, 0.05) is 24.6 Å². The maximum absolute atomic E-state index is 12.3. The Kier molecular flexibility index (Phi) is 4.79. The van der Waals surface area contributed by atoms with Gasteiger partial charge in [-0.15, -0.1) is 0 Å². The van der Waals surface area contributed by atoms with Crippen molar-refractivity contribution in [2.45, 2.75) is 27.0 Å². The number of imidazole rings is 1. The Morgan fingerprint density at radius 1 is 1.24 bits per heavy atom. The minimum atomic E-state index is -0.645. The van der Waals surface area contributed by atoms with Gasteiger partial charge in [0.25, 0.3) is 5.56 Å². The minimum absolute atomic E-state index is 0.00538. The highest BCUT2D eigenvalue weighted by atomic mass is 16.5. The molecule has 2 aromatic heterocycles. The third kappa shape index (κ3) is 3.85. The standard InChI is InChI=1S/C19H19N3O3/c1-13-10-14(2)21-18(23)17(13)19(24)25-12-16-20-8-9-22(16)11-15-6-4-3-5-7-15/h3-10H,11-12H2,1-2H3,(H,21,23). The number of aromatic nitrogens is 3. The summed E-state index contributed by atoms with van der Waals surface area (Å²) in [5.41, 5.74) is 2.03. The second kappa shape index (κ2) is 7.17. The molecule has 0 fully saturated rings. The molecule has 1 N–H and O–H groups in total. The van der Waals surface area contributed by atoms with Crippen molar-refractivity contribution in [2.75, 3.05) is 0 Å². The van der Waals surface area contributed by atoms with Crippen molar-refractivity contribution < 1.29 is 9.53 Å². The van der Waals surface area contributed by atoms with E-state index in [1.54, 1.807) is 26.1 Å². The number of nitrogens with one attached hydrogen (secondary N) is 1. The van der Waals surface area contributed by atoms with E-state index in [0.29, 0.717) is 23.6 Å². The molecular weight excluding hydrogens is 318 g/mol. The summed E-state index contributed by atoms with van der Waals surface area (Å²) in [4.78, 5) is 31.1. The fourth-order valence-corrected chi connectivity index (χ4v) is 2.71. The van der Waals surface area contributed by atoms with E-state index in [2.05, 4.69) is 9.97 Å². The summed E-state index contributed by atoms with van der Waals surface area (Å²) in [7, 11) is 0. The Hall–Kier alpha value is -3.15. The lowest BCUT2D eigenvalue weighted by Crippen LogP contribution is -2.22. The van der Waals surface area contributed by atoms with Gasteiger partial charge in [0.05, 0.1) is 0 Å². The number of H-pyrrole nitrogens is 1. The van der Waals surface area contributed by atoms with Crippen molar-refractivity contribution in [3.63, 3.8) is 0 Å². The maximum Gasteiger partial charge on any atom is 0.344 e. The molecule has 0 aliphatic rings. The van der Waals surface area contributed by atoms with Gasteiger partial charge in [0.15, 0.2) is 0 Å². The molecule has 0 bridgehead atoms. The molecule has 2 heterocycles. The predicted molar refractivity (Wildman–Crippen MR) is 93.4 cm³/mol. The van der Waals surface area contributed by atoms with E-state index in [1.165, 1.54) is 0 Å². The summed E-state index contributed by atoms with van der Waals surface area (Å²) in [5.74, 6) is -0.0218. The summed E-state index contributed by atoms with van der Waals surface area (Å²) in [5, 5.41) is 0. The third-order valence-electron chi connectivity index (χ3n) is 3.90. The highest BCUT2D eigenvalue weighted by molar-refractivity contribution is 5.90. The third-order valence-corrected chi connectivity index (χ3v) is 3.90. The molecule has 128 valence electrons.